The molecule has 0 saturated carbocycles. The predicted octanol–water partition coefficient (Wildman–Crippen LogP) is 1.70. The van der Waals surface area contributed by atoms with Crippen LogP contribution in [0.4, 0.5) is 5.69 Å². The molecule has 2 N–H and O–H groups in total. The molecule has 0 aliphatic rings. The largest absolute Gasteiger partial charge is 0.456 e. The van der Waals surface area contributed by atoms with Gasteiger partial charge in [0, 0.05) is 12.1 Å². The van der Waals surface area contributed by atoms with E-state index in [0.29, 0.717) is 12.1 Å². The van der Waals surface area contributed by atoms with Gasteiger partial charge in [0.15, 0.2) is 6.61 Å². The number of amides is 2. The van der Waals surface area contributed by atoms with Crippen LogP contribution in [0.5, 0.6) is 0 Å². The minimum atomic E-state index is -0.499. The minimum Gasteiger partial charge on any atom is -0.456 e. The zero-order valence-electron chi connectivity index (χ0n) is 13.2. The van der Waals surface area contributed by atoms with Crippen molar-refractivity contribution in [3.8, 4) is 0 Å². The number of esters is 1. The number of hydrogen-bond acceptors (Lipinski definition) is 4. The molecule has 6 heteroatoms. The highest BCUT2D eigenvalue weighted by molar-refractivity contribution is 5.95. The molecule has 0 fully saturated rings. The van der Waals surface area contributed by atoms with Gasteiger partial charge in [-0.25, -0.2) is 0 Å². The van der Waals surface area contributed by atoms with Crippen molar-refractivity contribution in [2.45, 2.75) is 33.6 Å². The lowest BCUT2D eigenvalue weighted by Gasteiger charge is -2.11. The van der Waals surface area contributed by atoms with Crippen molar-refractivity contribution in [2.24, 2.45) is 0 Å². The Hall–Kier alpha value is -2.37. The molecule has 120 valence electrons. The maximum atomic E-state index is 11.8. The highest BCUT2D eigenvalue weighted by Gasteiger charge is 2.10. The molecule has 0 unspecified atom stereocenters. The highest BCUT2D eigenvalue weighted by Crippen LogP contribution is 2.17. The summed E-state index contributed by atoms with van der Waals surface area (Å²) < 4.78 is 4.75. The summed E-state index contributed by atoms with van der Waals surface area (Å²) in [5, 5.41) is 5.14. The number of benzene rings is 1. The number of ether oxygens (including phenoxy) is 1. The van der Waals surface area contributed by atoms with Gasteiger partial charge < -0.3 is 15.4 Å². The van der Waals surface area contributed by atoms with E-state index in [2.05, 4.69) is 10.6 Å². The predicted molar refractivity (Wildman–Crippen MR) is 83.4 cm³/mol. The number of rotatable bonds is 7. The lowest BCUT2D eigenvalue weighted by Crippen LogP contribution is -2.35. The highest BCUT2D eigenvalue weighted by atomic mass is 16.5. The summed E-state index contributed by atoms with van der Waals surface area (Å²) in [6.45, 7) is 5.18. The third-order valence-electron chi connectivity index (χ3n) is 3.14. The first-order valence-corrected chi connectivity index (χ1v) is 7.22. The van der Waals surface area contributed by atoms with Crippen LogP contribution in [0.1, 0.15) is 30.9 Å². The average Bonchev–Trinajstić information content (AvgIpc) is 2.48. The van der Waals surface area contributed by atoms with Crippen molar-refractivity contribution in [1.29, 1.82) is 0 Å². The summed E-state index contributed by atoms with van der Waals surface area (Å²) in [6, 6.07) is 5.61. The molecule has 1 rings (SSSR count). The number of anilines is 1. The van der Waals surface area contributed by atoms with E-state index in [1.54, 1.807) is 6.07 Å². The van der Waals surface area contributed by atoms with Crippen LogP contribution in [-0.2, 0) is 19.1 Å². The lowest BCUT2D eigenvalue weighted by molar-refractivity contribution is -0.148. The number of carbonyl (C=O) groups excluding carboxylic acids is 3. The van der Waals surface area contributed by atoms with E-state index in [1.165, 1.54) is 0 Å². The van der Waals surface area contributed by atoms with Crippen LogP contribution < -0.4 is 10.6 Å². The van der Waals surface area contributed by atoms with Gasteiger partial charge in [0.25, 0.3) is 5.91 Å². The Morgan fingerprint density at radius 3 is 2.55 bits per heavy atom. The van der Waals surface area contributed by atoms with Crippen molar-refractivity contribution in [2.75, 3.05) is 18.5 Å². The van der Waals surface area contributed by atoms with E-state index in [-0.39, 0.29) is 25.5 Å². The summed E-state index contributed by atoms with van der Waals surface area (Å²) in [5.74, 6) is -1.25. The fourth-order valence-electron chi connectivity index (χ4n) is 1.73. The molecule has 0 aliphatic heterocycles. The third-order valence-corrected chi connectivity index (χ3v) is 3.14. The first-order chi connectivity index (χ1) is 10.4. The Bertz CT molecular complexity index is 555. The van der Waals surface area contributed by atoms with Crippen LogP contribution in [-0.4, -0.2) is 30.9 Å². The van der Waals surface area contributed by atoms with E-state index < -0.39 is 11.9 Å². The molecule has 0 spiro atoms. The Kier molecular flexibility index (Phi) is 7.08. The van der Waals surface area contributed by atoms with Crippen molar-refractivity contribution < 1.29 is 19.1 Å². The Morgan fingerprint density at radius 2 is 1.86 bits per heavy atom. The molecule has 6 nitrogen and oxygen atoms in total. The van der Waals surface area contributed by atoms with Crippen LogP contribution in [0.25, 0.3) is 0 Å². The normalized spacial score (nSPS) is 9.95. The molecule has 0 radical (unpaired) electrons. The molecule has 22 heavy (non-hydrogen) atoms. The molecule has 2 amide bonds. The van der Waals surface area contributed by atoms with Crippen molar-refractivity contribution in [3.05, 3.63) is 29.3 Å². The van der Waals surface area contributed by atoms with Crippen LogP contribution in [0.2, 0.25) is 0 Å². The number of hydrogen-bond donors (Lipinski definition) is 2. The van der Waals surface area contributed by atoms with Gasteiger partial charge in [-0.3, -0.25) is 14.4 Å². The van der Waals surface area contributed by atoms with Gasteiger partial charge in [0.2, 0.25) is 5.91 Å². The first kappa shape index (κ1) is 17.7. The SMILES string of the molecule is CCCC(=O)OCC(=O)NCC(=O)Nc1cccc(C)c1C. The Morgan fingerprint density at radius 1 is 1.14 bits per heavy atom. The van der Waals surface area contributed by atoms with Crippen molar-refractivity contribution in [1.82, 2.24) is 5.32 Å². The molecule has 0 saturated heterocycles. The van der Waals surface area contributed by atoms with Gasteiger partial charge >= 0.3 is 5.97 Å². The smallest absolute Gasteiger partial charge is 0.306 e. The third kappa shape index (κ3) is 5.95. The molecule has 1 aromatic rings. The second-order valence-electron chi connectivity index (χ2n) is 4.98. The van der Waals surface area contributed by atoms with Crippen LogP contribution in [0, 0.1) is 13.8 Å². The minimum absolute atomic E-state index is 0.169. The summed E-state index contributed by atoms with van der Waals surface area (Å²) >= 11 is 0. The number of nitrogens with one attached hydrogen (secondary N) is 2. The molecular formula is C16H22N2O4. The van der Waals surface area contributed by atoms with Crippen molar-refractivity contribution in [3.63, 3.8) is 0 Å². The standard InChI is InChI=1S/C16H22N2O4/c1-4-6-16(21)22-10-15(20)17-9-14(19)18-13-8-5-7-11(2)12(13)3/h5,7-8H,4,6,9-10H2,1-3H3,(H,17,20)(H,18,19). The van der Waals surface area contributed by atoms with Gasteiger partial charge in [0.1, 0.15) is 0 Å². The molecule has 0 aliphatic carbocycles. The van der Waals surface area contributed by atoms with Crippen LogP contribution >= 0.6 is 0 Å². The molecule has 0 aromatic heterocycles. The molecular weight excluding hydrogens is 284 g/mol. The quantitative estimate of drug-likeness (QED) is 0.751. The Labute approximate surface area is 130 Å². The summed E-state index contributed by atoms with van der Waals surface area (Å²) in [6.07, 6.45) is 0.944. The van der Waals surface area contributed by atoms with Gasteiger partial charge in [0.05, 0.1) is 6.54 Å². The average molecular weight is 306 g/mol. The monoisotopic (exact) mass is 306 g/mol. The van der Waals surface area contributed by atoms with E-state index in [4.69, 9.17) is 4.74 Å². The number of aryl methyl sites for hydroxylation is 1. The maximum absolute atomic E-state index is 11.8. The van der Waals surface area contributed by atoms with E-state index in [1.807, 2.05) is 32.9 Å². The molecule has 0 heterocycles. The van der Waals surface area contributed by atoms with Crippen LogP contribution in [0.15, 0.2) is 18.2 Å². The molecule has 0 atom stereocenters. The second-order valence-corrected chi connectivity index (χ2v) is 4.98. The topological polar surface area (TPSA) is 84.5 Å². The fraction of sp³-hybridized carbons (Fsp3) is 0.438. The maximum Gasteiger partial charge on any atom is 0.306 e. The van der Waals surface area contributed by atoms with Gasteiger partial charge in [-0.2, -0.15) is 0 Å². The zero-order valence-corrected chi connectivity index (χ0v) is 13.2. The van der Waals surface area contributed by atoms with E-state index >= 15 is 0 Å². The van der Waals surface area contributed by atoms with Crippen molar-refractivity contribution >= 4 is 23.5 Å². The van der Waals surface area contributed by atoms with Crippen LogP contribution in [0.3, 0.4) is 0 Å². The van der Waals surface area contributed by atoms with Gasteiger partial charge in [-0.1, -0.05) is 19.1 Å². The van der Waals surface area contributed by atoms with E-state index in [0.717, 1.165) is 11.1 Å². The summed E-state index contributed by atoms with van der Waals surface area (Å²) in [4.78, 5) is 34.4. The lowest BCUT2D eigenvalue weighted by atomic mass is 10.1. The molecule has 1 aromatic carbocycles. The van der Waals surface area contributed by atoms with E-state index in [9.17, 15) is 14.4 Å². The van der Waals surface area contributed by atoms with Gasteiger partial charge in [-0.05, 0) is 37.5 Å². The van der Waals surface area contributed by atoms with Gasteiger partial charge in [-0.15, -0.1) is 0 Å². The summed E-state index contributed by atoms with van der Waals surface area (Å²) in [7, 11) is 0. The first-order valence-electron chi connectivity index (χ1n) is 7.22. The molecule has 0 bridgehead atoms. The second kappa shape index (κ2) is 8.81. The fourth-order valence-corrected chi connectivity index (χ4v) is 1.73. The zero-order chi connectivity index (χ0) is 16.5. The summed E-state index contributed by atoms with van der Waals surface area (Å²) in [5.41, 5.74) is 2.77. The number of carbonyl (C=O) groups is 3. The Balaban J connectivity index is 2.35.